The molecule has 0 aliphatic heterocycles. The topological polar surface area (TPSA) is 12.0 Å². The maximum absolute atomic E-state index is 5.18. The minimum Gasteiger partial charge on any atom is -0.314 e. The van der Waals surface area contributed by atoms with Crippen LogP contribution in [-0.4, -0.2) is 12.6 Å². The van der Waals surface area contributed by atoms with Gasteiger partial charge >= 0.3 is 0 Å². The zero-order chi connectivity index (χ0) is 9.52. The molecule has 1 fully saturated rings. The Hall–Kier alpha value is -0.480. The molecule has 2 unspecified atom stereocenters. The van der Waals surface area contributed by atoms with Crippen LogP contribution in [0.15, 0.2) is 0 Å². The van der Waals surface area contributed by atoms with E-state index in [4.69, 9.17) is 6.42 Å². The van der Waals surface area contributed by atoms with Gasteiger partial charge in [-0.1, -0.05) is 13.3 Å². The fourth-order valence-electron chi connectivity index (χ4n) is 2.09. The summed E-state index contributed by atoms with van der Waals surface area (Å²) >= 11 is 0. The molecule has 0 saturated heterocycles. The Morgan fingerprint density at radius 1 is 1.38 bits per heavy atom. The summed E-state index contributed by atoms with van der Waals surface area (Å²) in [7, 11) is 0. The van der Waals surface area contributed by atoms with E-state index in [1.54, 1.807) is 0 Å². The number of hydrogen-bond donors (Lipinski definition) is 1. The zero-order valence-corrected chi connectivity index (χ0v) is 8.68. The Kier molecular flexibility index (Phi) is 4.93. The Morgan fingerprint density at radius 2 is 2.23 bits per heavy atom. The molecule has 0 heterocycles. The molecule has 1 saturated carbocycles. The maximum atomic E-state index is 5.18. The molecule has 0 radical (unpaired) electrons. The SMILES string of the molecule is C#CCCCCNC1CCCC1C. The molecule has 2 atom stereocenters. The summed E-state index contributed by atoms with van der Waals surface area (Å²) < 4.78 is 0. The summed E-state index contributed by atoms with van der Waals surface area (Å²) in [5.41, 5.74) is 0. The van der Waals surface area contributed by atoms with Gasteiger partial charge in [0, 0.05) is 12.5 Å². The van der Waals surface area contributed by atoms with E-state index in [1.165, 1.54) is 32.1 Å². The molecule has 1 aliphatic rings. The summed E-state index contributed by atoms with van der Waals surface area (Å²) in [5, 5.41) is 3.62. The zero-order valence-electron chi connectivity index (χ0n) is 8.68. The lowest BCUT2D eigenvalue weighted by Gasteiger charge is -2.16. The number of hydrogen-bond acceptors (Lipinski definition) is 1. The van der Waals surface area contributed by atoms with Crippen LogP contribution in [0.4, 0.5) is 0 Å². The lowest BCUT2D eigenvalue weighted by Crippen LogP contribution is -2.31. The van der Waals surface area contributed by atoms with Gasteiger partial charge in [0.15, 0.2) is 0 Å². The van der Waals surface area contributed by atoms with Crippen LogP contribution in [0.1, 0.15) is 45.4 Å². The summed E-state index contributed by atoms with van der Waals surface area (Å²) in [4.78, 5) is 0. The quantitative estimate of drug-likeness (QED) is 0.505. The van der Waals surface area contributed by atoms with Crippen molar-refractivity contribution in [1.82, 2.24) is 5.32 Å². The number of terminal acetylenes is 1. The molecule has 13 heavy (non-hydrogen) atoms. The van der Waals surface area contributed by atoms with Gasteiger partial charge in [0.25, 0.3) is 0 Å². The van der Waals surface area contributed by atoms with E-state index in [9.17, 15) is 0 Å². The first-order chi connectivity index (χ1) is 6.34. The molecule has 0 aromatic heterocycles. The molecule has 74 valence electrons. The van der Waals surface area contributed by atoms with E-state index in [-0.39, 0.29) is 0 Å². The first-order valence-corrected chi connectivity index (χ1v) is 5.51. The van der Waals surface area contributed by atoms with Crippen LogP contribution >= 0.6 is 0 Å². The average molecular weight is 179 g/mol. The molecule has 0 spiro atoms. The first-order valence-electron chi connectivity index (χ1n) is 5.51. The number of rotatable bonds is 5. The average Bonchev–Trinajstić information content (AvgIpc) is 2.52. The second-order valence-corrected chi connectivity index (χ2v) is 4.13. The van der Waals surface area contributed by atoms with Gasteiger partial charge < -0.3 is 5.32 Å². The third-order valence-corrected chi connectivity index (χ3v) is 3.02. The van der Waals surface area contributed by atoms with Crippen molar-refractivity contribution >= 4 is 0 Å². The highest BCUT2D eigenvalue weighted by molar-refractivity contribution is 4.83. The van der Waals surface area contributed by atoms with E-state index in [1.807, 2.05) is 0 Å². The molecule has 1 rings (SSSR count). The summed E-state index contributed by atoms with van der Waals surface area (Å²) in [6.07, 6.45) is 12.7. The minimum atomic E-state index is 0.783. The van der Waals surface area contributed by atoms with Gasteiger partial charge in [-0.3, -0.25) is 0 Å². The highest BCUT2D eigenvalue weighted by atomic mass is 14.9. The van der Waals surface area contributed by atoms with Crippen LogP contribution in [0.2, 0.25) is 0 Å². The molecule has 0 amide bonds. The van der Waals surface area contributed by atoms with Crippen LogP contribution in [0.5, 0.6) is 0 Å². The standard InChI is InChI=1S/C12H21N/c1-3-4-5-6-10-13-12-9-7-8-11(12)2/h1,11-13H,4-10H2,2H3. The van der Waals surface area contributed by atoms with Crippen molar-refractivity contribution < 1.29 is 0 Å². The molecule has 1 N–H and O–H groups in total. The van der Waals surface area contributed by atoms with Crippen LogP contribution in [0.3, 0.4) is 0 Å². The Bertz CT molecular complexity index is 168. The van der Waals surface area contributed by atoms with E-state index >= 15 is 0 Å². The van der Waals surface area contributed by atoms with Gasteiger partial charge in [0.1, 0.15) is 0 Å². The van der Waals surface area contributed by atoms with Crippen LogP contribution in [0, 0.1) is 18.3 Å². The molecule has 0 aromatic carbocycles. The normalized spacial score (nSPS) is 27.4. The van der Waals surface area contributed by atoms with Crippen molar-refractivity contribution in [2.24, 2.45) is 5.92 Å². The van der Waals surface area contributed by atoms with Crippen LogP contribution < -0.4 is 5.32 Å². The molecule has 0 bridgehead atoms. The number of nitrogens with one attached hydrogen (secondary N) is 1. The second-order valence-electron chi connectivity index (χ2n) is 4.13. The van der Waals surface area contributed by atoms with E-state index in [0.29, 0.717) is 0 Å². The lowest BCUT2D eigenvalue weighted by atomic mass is 10.1. The van der Waals surface area contributed by atoms with Crippen molar-refractivity contribution in [1.29, 1.82) is 0 Å². The molecular weight excluding hydrogens is 158 g/mol. The Balaban J connectivity index is 1.96. The first kappa shape index (κ1) is 10.6. The molecule has 0 aromatic rings. The van der Waals surface area contributed by atoms with Gasteiger partial charge in [-0.25, -0.2) is 0 Å². The Morgan fingerprint density at radius 3 is 2.85 bits per heavy atom. The van der Waals surface area contributed by atoms with Crippen molar-refractivity contribution in [2.45, 2.75) is 51.5 Å². The van der Waals surface area contributed by atoms with E-state index < -0.39 is 0 Å². The second kappa shape index (κ2) is 6.05. The maximum Gasteiger partial charge on any atom is 0.00926 e. The van der Waals surface area contributed by atoms with Gasteiger partial charge in [-0.05, 0) is 38.1 Å². The van der Waals surface area contributed by atoms with E-state index in [2.05, 4.69) is 18.2 Å². The highest BCUT2D eigenvalue weighted by Crippen LogP contribution is 2.24. The highest BCUT2D eigenvalue weighted by Gasteiger charge is 2.21. The van der Waals surface area contributed by atoms with Crippen LogP contribution in [-0.2, 0) is 0 Å². The molecular formula is C12H21N. The fourth-order valence-corrected chi connectivity index (χ4v) is 2.09. The lowest BCUT2D eigenvalue weighted by molar-refractivity contribution is 0.422. The predicted octanol–water partition coefficient (Wildman–Crippen LogP) is 2.57. The van der Waals surface area contributed by atoms with Crippen molar-refractivity contribution in [3.8, 4) is 12.3 Å². The van der Waals surface area contributed by atoms with Gasteiger partial charge in [0.2, 0.25) is 0 Å². The minimum absolute atomic E-state index is 0.783. The van der Waals surface area contributed by atoms with Crippen molar-refractivity contribution in [3.63, 3.8) is 0 Å². The third-order valence-electron chi connectivity index (χ3n) is 3.02. The largest absolute Gasteiger partial charge is 0.314 e. The predicted molar refractivity (Wildman–Crippen MR) is 57.5 cm³/mol. The van der Waals surface area contributed by atoms with Gasteiger partial charge in [-0.15, -0.1) is 12.3 Å². The van der Waals surface area contributed by atoms with Crippen molar-refractivity contribution in [2.75, 3.05) is 6.54 Å². The molecule has 1 aliphatic carbocycles. The third kappa shape index (κ3) is 3.83. The smallest absolute Gasteiger partial charge is 0.00926 e. The summed E-state index contributed by atoms with van der Waals surface area (Å²) in [5.74, 6) is 3.56. The summed E-state index contributed by atoms with van der Waals surface area (Å²) in [6, 6.07) is 0.783. The molecule has 1 heteroatoms. The van der Waals surface area contributed by atoms with Crippen molar-refractivity contribution in [3.05, 3.63) is 0 Å². The number of unbranched alkanes of at least 4 members (excludes halogenated alkanes) is 2. The Labute approximate surface area is 82.3 Å². The van der Waals surface area contributed by atoms with Gasteiger partial charge in [-0.2, -0.15) is 0 Å². The fraction of sp³-hybridized carbons (Fsp3) is 0.833. The summed E-state index contributed by atoms with van der Waals surface area (Å²) in [6.45, 7) is 3.50. The van der Waals surface area contributed by atoms with Gasteiger partial charge in [0.05, 0.1) is 0 Å². The molecule has 1 nitrogen and oxygen atoms in total. The monoisotopic (exact) mass is 179 g/mol. The van der Waals surface area contributed by atoms with E-state index in [0.717, 1.165) is 24.9 Å². The van der Waals surface area contributed by atoms with Crippen LogP contribution in [0.25, 0.3) is 0 Å².